The highest BCUT2D eigenvalue weighted by Crippen LogP contribution is 2.45. The molecule has 0 heterocycles. The van der Waals surface area contributed by atoms with E-state index >= 15 is 0 Å². The van der Waals surface area contributed by atoms with Gasteiger partial charge in [0.15, 0.2) is 12.4 Å². The van der Waals surface area contributed by atoms with Gasteiger partial charge in [-0.05, 0) is 11.5 Å². The van der Waals surface area contributed by atoms with Gasteiger partial charge in [-0.15, -0.1) is 0 Å². The Kier molecular flexibility index (Phi) is 5.07. The number of hydrogen-bond acceptors (Lipinski definition) is 2. The van der Waals surface area contributed by atoms with Gasteiger partial charge < -0.3 is 4.57 Å². The molecule has 4 rings (SSSR count). The van der Waals surface area contributed by atoms with Crippen LogP contribution in [0.4, 0.5) is 0 Å². The number of benzene rings is 4. The summed E-state index contributed by atoms with van der Waals surface area (Å²) in [4.78, 5) is 0. The van der Waals surface area contributed by atoms with Gasteiger partial charge in [-0.25, -0.2) is 0 Å². The van der Waals surface area contributed by atoms with E-state index in [-0.39, 0.29) is 0 Å². The van der Waals surface area contributed by atoms with Crippen LogP contribution in [0.2, 0.25) is 0 Å². The first-order valence-corrected chi connectivity index (χ1v) is 13.2. The molecule has 0 aliphatic heterocycles. The summed E-state index contributed by atoms with van der Waals surface area (Å²) >= 11 is 0. The van der Waals surface area contributed by atoms with Crippen molar-refractivity contribution >= 4 is 55.6 Å². The van der Waals surface area contributed by atoms with Crippen molar-refractivity contribution in [2.24, 2.45) is 0 Å². The van der Waals surface area contributed by atoms with E-state index in [0.29, 0.717) is 0 Å². The molecule has 0 saturated carbocycles. The zero-order valence-corrected chi connectivity index (χ0v) is 17.5. The molecule has 132 valence electrons. The van der Waals surface area contributed by atoms with Gasteiger partial charge in [-0.1, -0.05) is 95.6 Å². The third kappa shape index (κ3) is 3.19. The lowest BCUT2D eigenvalue weighted by molar-refractivity contribution is 0.592. The normalized spacial score (nSPS) is 12.1. The summed E-state index contributed by atoms with van der Waals surface area (Å²) in [5.41, 5.74) is 0. The number of rotatable bonds is 4. The van der Waals surface area contributed by atoms with Crippen LogP contribution in [0.15, 0.2) is 97.1 Å². The molecule has 0 aliphatic carbocycles. The standard InChI is InChI=1S/C22H18O2P3/c23-26(25)20-15-7-9-17-10-8-16-21(22(17)20)27(24,18-11-3-1-4-12-18)19-13-5-2-6-14-19/h1-16H,25H2/q+1. The lowest BCUT2D eigenvalue weighted by Crippen LogP contribution is -2.27. The van der Waals surface area contributed by atoms with Gasteiger partial charge in [0.05, 0.1) is 0 Å². The summed E-state index contributed by atoms with van der Waals surface area (Å²) in [7, 11) is -2.39. The molecule has 0 aliphatic rings. The van der Waals surface area contributed by atoms with Crippen LogP contribution in [0, 0.1) is 0 Å². The van der Waals surface area contributed by atoms with Crippen molar-refractivity contribution in [1.82, 2.24) is 0 Å². The first-order valence-electron chi connectivity index (χ1n) is 8.58. The fourth-order valence-electron chi connectivity index (χ4n) is 3.45. The van der Waals surface area contributed by atoms with Gasteiger partial charge in [0.25, 0.3) is 0 Å². The Balaban J connectivity index is 2.15. The van der Waals surface area contributed by atoms with Crippen LogP contribution in [-0.2, 0) is 9.13 Å². The SMILES string of the molecule is O=[P+](P)c1cccc2cccc(P(=O)(c3ccccc3)c3ccccc3)c12. The quantitative estimate of drug-likeness (QED) is 0.459. The molecule has 0 N–H and O–H groups in total. The molecule has 0 spiro atoms. The summed E-state index contributed by atoms with van der Waals surface area (Å²) in [5, 5.41) is 4.78. The Bertz CT molecular complexity index is 1120. The first kappa shape index (κ1) is 18.3. The van der Waals surface area contributed by atoms with Crippen LogP contribution in [0.5, 0.6) is 0 Å². The van der Waals surface area contributed by atoms with Crippen LogP contribution in [0.25, 0.3) is 10.8 Å². The maximum absolute atomic E-state index is 14.7. The number of fused-ring (bicyclic) bond motifs is 1. The molecule has 0 radical (unpaired) electrons. The van der Waals surface area contributed by atoms with Crippen molar-refractivity contribution in [3.05, 3.63) is 97.1 Å². The van der Waals surface area contributed by atoms with Crippen molar-refractivity contribution in [1.29, 1.82) is 0 Å². The summed E-state index contributed by atoms with van der Waals surface area (Å²) in [6.07, 6.45) is 0. The van der Waals surface area contributed by atoms with Crippen LogP contribution >= 0.6 is 23.6 Å². The Morgan fingerprint density at radius 2 is 1.19 bits per heavy atom. The molecule has 0 amide bonds. The Morgan fingerprint density at radius 1 is 0.667 bits per heavy atom. The predicted octanol–water partition coefficient (Wildman–Crippen LogP) is 4.72. The molecule has 0 bridgehead atoms. The topological polar surface area (TPSA) is 34.1 Å². The zero-order valence-electron chi connectivity index (χ0n) is 14.5. The van der Waals surface area contributed by atoms with Gasteiger partial charge in [-0.3, -0.25) is 0 Å². The van der Waals surface area contributed by atoms with Crippen LogP contribution < -0.4 is 21.2 Å². The zero-order chi connectivity index (χ0) is 18.9. The average Bonchev–Trinajstić information content (AvgIpc) is 2.73. The fourth-order valence-corrected chi connectivity index (χ4v) is 7.79. The molecule has 4 aromatic carbocycles. The Hall–Kier alpha value is -2.10. The molecule has 5 heteroatoms. The van der Waals surface area contributed by atoms with Gasteiger partial charge >= 0.3 is 7.49 Å². The lowest BCUT2D eigenvalue weighted by Gasteiger charge is -2.21. The Morgan fingerprint density at radius 3 is 1.70 bits per heavy atom. The molecule has 0 saturated heterocycles. The van der Waals surface area contributed by atoms with Gasteiger partial charge in [-0.2, -0.15) is 0 Å². The van der Waals surface area contributed by atoms with Crippen molar-refractivity contribution in [2.45, 2.75) is 0 Å². The predicted molar refractivity (Wildman–Crippen MR) is 120 cm³/mol. The van der Waals surface area contributed by atoms with Gasteiger partial charge in [0, 0.05) is 21.3 Å². The van der Waals surface area contributed by atoms with Crippen molar-refractivity contribution in [3.63, 3.8) is 0 Å². The molecule has 0 aromatic heterocycles. The molecular weight excluding hydrogens is 389 g/mol. The van der Waals surface area contributed by atoms with E-state index < -0.39 is 14.6 Å². The lowest BCUT2D eigenvalue weighted by atomic mass is 10.1. The van der Waals surface area contributed by atoms with Crippen LogP contribution in [0.1, 0.15) is 0 Å². The summed E-state index contributed by atoms with van der Waals surface area (Å²) in [6, 6.07) is 30.7. The fraction of sp³-hybridized carbons (Fsp3) is 0. The number of hydrogen-bond donors (Lipinski definition) is 0. The maximum atomic E-state index is 14.7. The van der Waals surface area contributed by atoms with Crippen molar-refractivity contribution in [3.8, 4) is 0 Å². The molecule has 0 fully saturated rings. The average molecular weight is 407 g/mol. The van der Waals surface area contributed by atoms with Crippen molar-refractivity contribution < 1.29 is 9.13 Å². The molecular formula is C22H18O2P3+. The highest BCUT2D eigenvalue weighted by molar-refractivity contribution is 8.10. The van der Waals surface area contributed by atoms with E-state index in [1.54, 1.807) is 0 Å². The molecule has 2 atom stereocenters. The molecule has 2 nitrogen and oxygen atoms in total. The second-order valence-electron chi connectivity index (χ2n) is 6.26. The smallest absolute Gasteiger partial charge is 0.309 e. The van der Waals surface area contributed by atoms with E-state index in [2.05, 4.69) is 8.93 Å². The minimum absolute atomic E-state index is 0.718. The van der Waals surface area contributed by atoms with E-state index in [9.17, 15) is 9.13 Å². The van der Waals surface area contributed by atoms with Gasteiger partial charge in [0.1, 0.15) is 8.93 Å². The second-order valence-corrected chi connectivity index (χ2v) is 11.5. The minimum atomic E-state index is -3.13. The van der Waals surface area contributed by atoms with Crippen LogP contribution in [-0.4, -0.2) is 0 Å². The molecule has 2 unspecified atom stereocenters. The van der Waals surface area contributed by atoms with E-state index in [1.165, 1.54) is 0 Å². The highest BCUT2D eigenvalue weighted by Gasteiger charge is 2.33. The van der Waals surface area contributed by atoms with Crippen molar-refractivity contribution in [2.75, 3.05) is 0 Å². The third-order valence-electron chi connectivity index (χ3n) is 4.68. The summed E-state index contributed by atoms with van der Waals surface area (Å²) in [5.74, 6) is 0. The molecule has 27 heavy (non-hydrogen) atoms. The second kappa shape index (κ2) is 7.49. The van der Waals surface area contributed by atoms with E-state index in [1.807, 2.05) is 97.1 Å². The van der Waals surface area contributed by atoms with E-state index in [4.69, 9.17) is 0 Å². The van der Waals surface area contributed by atoms with Gasteiger partial charge in [0.2, 0.25) is 0 Å². The first-order chi connectivity index (χ1) is 13.1. The third-order valence-corrected chi connectivity index (χ3v) is 9.46. The summed E-state index contributed by atoms with van der Waals surface area (Å²) < 4.78 is 27.1. The monoisotopic (exact) mass is 407 g/mol. The van der Waals surface area contributed by atoms with E-state index in [0.717, 1.165) is 32.0 Å². The molecule has 4 aromatic rings. The highest BCUT2D eigenvalue weighted by atomic mass is 32.0. The Labute approximate surface area is 161 Å². The largest absolute Gasteiger partial charge is 0.387 e. The van der Waals surface area contributed by atoms with Crippen LogP contribution in [0.3, 0.4) is 0 Å². The minimum Gasteiger partial charge on any atom is -0.309 e. The summed E-state index contributed by atoms with van der Waals surface area (Å²) in [6.45, 7) is 0. The maximum Gasteiger partial charge on any atom is 0.387 e.